The molecule has 0 atom stereocenters. The first-order valence-electron chi connectivity index (χ1n) is 7.46. The van der Waals surface area contributed by atoms with E-state index < -0.39 is 0 Å². The number of nitrogens with two attached hydrogens (primary N) is 1. The molecule has 120 valence electrons. The second-order valence-corrected chi connectivity index (χ2v) is 5.32. The van der Waals surface area contributed by atoms with Crippen molar-refractivity contribution >= 4 is 28.8 Å². The number of hydrogen-bond acceptors (Lipinski definition) is 7. The Morgan fingerprint density at radius 2 is 1.91 bits per heavy atom. The molecule has 0 amide bonds. The molecule has 3 rings (SSSR count). The van der Waals surface area contributed by atoms with Crippen LogP contribution in [0.1, 0.15) is 17.3 Å². The second-order valence-electron chi connectivity index (χ2n) is 5.32. The fourth-order valence-electron chi connectivity index (χ4n) is 2.44. The maximum atomic E-state index is 11.3. The van der Waals surface area contributed by atoms with Gasteiger partial charge >= 0.3 is 0 Å². The number of benzene rings is 1. The molecule has 7 heteroatoms. The van der Waals surface area contributed by atoms with Gasteiger partial charge in [-0.3, -0.25) is 4.79 Å². The maximum Gasteiger partial charge on any atom is 0.159 e. The van der Waals surface area contributed by atoms with Crippen LogP contribution >= 0.6 is 0 Å². The van der Waals surface area contributed by atoms with Gasteiger partial charge in [0, 0.05) is 24.3 Å². The number of hydrogen-bond donors (Lipinski definition) is 2. The van der Waals surface area contributed by atoms with Crippen LogP contribution in [-0.2, 0) is 4.74 Å². The molecule has 0 saturated carbocycles. The minimum absolute atomic E-state index is 0.0349. The number of carbonyl (C=O) groups excluding carboxylic acids is 1. The summed E-state index contributed by atoms with van der Waals surface area (Å²) in [6.45, 7) is 4.39. The summed E-state index contributed by atoms with van der Waals surface area (Å²) >= 11 is 0. The maximum absolute atomic E-state index is 11.3. The van der Waals surface area contributed by atoms with Crippen LogP contribution in [0.15, 0.2) is 30.6 Å². The molecule has 1 aromatic heterocycles. The highest BCUT2D eigenvalue weighted by Gasteiger charge is 2.17. The Morgan fingerprint density at radius 3 is 2.57 bits per heavy atom. The number of Topliss-reactive ketones (excluding diaryl/α,β-unsaturated/α-hetero) is 1. The lowest BCUT2D eigenvalue weighted by molar-refractivity contribution is 0.101. The molecule has 2 heterocycles. The fraction of sp³-hybridized carbons (Fsp3) is 0.312. The molecular weight excluding hydrogens is 294 g/mol. The predicted molar refractivity (Wildman–Crippen MR) is 89.2 cm³/mol. The number of nitrogens with one attached hydrogen (secondary N) is 1. The van der Waals surface area contributed by atoms with Crippen LogP contribution in [0, 0.1) is 0 Å². The van der Waals surface area contributed by atoms with Crippen LogP contribution in [0.4, 0.5) is 23.0 Å². The summed E-state index contributed by atoms with van der Waals surface area (Å²) in [5.41, 5.74) is 8.20. The smallest absolute Gasteiger partial charge is 0.159 e. The van der Waals surface area contributed by atoms with E-state index in [1.54, 1.807) is 19.1 Å². The number of ketones is 1. The van der Waals surface area contributed by atoms with Crippen molar-refractivity contribution in [1.82, 2.24) is 9.97 Å². The molecule has 23 heavy (non-hydrogen) atoms. The van der Waals surface area contributed by atoms with E-state index >= 15 is 0 Å². The fourth-order valence-corrected chi connectivity index (χ4v) is 2.44. The summed E-state index contributed by atoms with van der Waals surface area (Å²) in [6.07, 6.45) is 1.49. The van der Waals surface area contributed by atoms with Gasteiger partial charge in [-0.2, -0.15) is 0 Å². The van der Waals surface area contributed by atoms with Gasteiger partial charge in [-0.15, -0.1) is 0 Å². The molecule has 1 aliphatic heterocycles. The lowest BCUT2D eigenvalue weighted by atomic mass is 10.1. The minimum Gasteiger partial charge on any atom is -0.393 e. The zero-order valence-corrected chi connectivity index (χ0v) is 13.0. The van der Waals surface area contributed by atoms with Crippen LogP contribution in [0.3, 0.4) is 0 Å². The lowest BCUT2D eigenvalue weighted by Crippen LogP contribution is -2.37. The van der Waals surface area contributed by atoms with Crippen LogP contribution in [0.2, 0.25) is 0 Å². The van der Waals surface area contributed by atoms with Gasteiger partial charge in [-0.1, -0.05) is 0 Å². The lowest BCUT2D eigenvalue weighted by Gasteiger charge is -2.28. The number of nitrogen functional groups attached to an aromatic ring is 1. The van der Waals surface area contributed by atoms with Crippen LogP contribution in [-0.4, -0.2) is 42.1 Å². The predicted octanol–water partition coefficient (Wildman–Crippen LogP) is 1.84. The average molecular weight is 313 g/mol. The third-order valence-corrected chi connectivity index (χ3v) is 3.73. The summed E-state index contributed by atoms with van der Waals surface area (Å²) in [5, 5.41) is 3.17. The first-order chi connectivity index (χ1) is 11.1. The van der Waals surface area contributed by atoms with Crippen LogP contribution < -0.4 is 16.0 Å². The second kappa shape index (κ2) is 6.62. The zero-order chi connectivity index (χ0) is 16.2. The zero-order valence-electron chi connectivity index (χ0n) is 13.0. The van der Waals surface area contributed by atoms with Crippen LogP contribution in [0.25, 0.3) is 0 Å². The van der Waals surface area contributed by atoms with Crippen molar-refractivity contribution < 1.29 is 9.53 Å². The number of anilines is 4. The Labute approximate surface area is 134 Å². The Kier molecular flexibility index (Phi) is 4.38. The van der Waals surface area contributed by atoms with Gasteiger partial charge in [0.25, 0.3) is 0 Å². The molecule has 0 aliphatic carbocycles. The Bertz CT molecular complexity index is 696. The van der Waals surface area contributed by atoms with E-state index in [0.29, 0.717) is 36.1 Å². The Hall–Kier alpha value is -2.67. The standard InChI is InChI=1S/C16H19N5O2/c1-11(22)12-2-4-13(5-3-12)20-15-14(17)16(19-10-18-15)21-6-8-23-9-7-21/h2-5,10H,6-9,17H2,1H3,(H,18,19,20). The minimum atomic E-state index is 0.0349. The number of aromatic nitrogens is 2. The van der Waals surface area contributed by atoms with Crippen molar-refractivity contribution in [2.75, 3.05) is 42.3 Å². The van der Waals surface area contributed by atoms with Gasteiger partial charge in [0.15, 0.2) is 17.4 Å². The van der Waals surface area contributed by atoms with E-state index in [1.807, 2.05) is 12.1 Å². The largest absolute Gasteiger partial charge is 0.393 e. The van der Waals surface area contributed by atoms with Gasteiger partial charge < -0.3 is 20.7 Å². The molecule has 1 aliphatic rings. The first kappa shape index (κ1) is 15.2. The first-order valence-corrected chi connectivity index (χ1v) is 7.46. The highest BCUT2D eigenvalue weighted by molar-refractivity contribution is 5.94. The molecule has 7 nitrogen and oxygen atoms in total. The molecule has 1 aromatic carbocycles. The molecular formula is C16H19N5O2. The Balaban J connectivity index is 1.81. The van der Waals surface area contributed by atoms with Crippen molar-refractivity contribution in [2.24, 2.45) is 0 Å². The van der Waals surface area contributed by atoms with E-state index in [-0.39, 0.29) is 5.78 Å². The highest BCUT2D eigenvalue weighted by atomic mass is 16.5. The number of morpholine rings is 1. The Morgan fingerprint density at radius 1 is 1.22 bits per heavy atom. The van der Waals surface area contributed by atoms with E-state index in [0.717, 1.165) is 18.8 Å². The molecule has 0 spiro atoms. The van der Waals surface area contributed by atoms with Gasteiger partial charge in [-0.25, -0.2) is 9.97 Å². The third kappa shape index (κ3) is 3.40. The van der Waals surface area contributed by atoms with Crippen molar-refractivity contribution in [3.05, 3.63) is 36.2 Å². The van der Waals surface area contributed by atoms with E-state index in [1.165, 1.54) is 6.33 Å². The van der Waals surface area contributed by atoms with Crippen molar-refractivity contribution in [2.45, 2.75) is 6.92 Å². The molecule has 3 N–H and O–H groups in total. The monoisotopic (exact) mass is 313 g/mol. The SMILES string of the molecule is CC(=O)c1ccc(Nc2ncnc(N3CCOCC3)c2N)cc1. The third-order valence-electron chi connectivity index (χ3n) is 3.73. The molecule has 1 fully saturated rings. The van der Waals surface area contributed by atoms with Crippen molar-refractivity contribution in [1.29, 1.82) is 0 Å². The topological polar surface area (TPSA) is 93.4 Å². The van der Waals surface area contributed by atoms with Crippen molar-refractivity contribution in [3.8, 4) is 0 Å². The summed E-state index contributed by atoms with van der Waals surface area (Å²) < 4.78 is 5.35. The van der Waals surface area contributed by atoms with Gasteiger partial charge in [0.05, 0.1) is 13.2 Å². The van der Waals surface area contributed by atoms with Crippen LogP contribution in [0.5, 0.6) is 0 Å². The molecule has 0 unspecified atom stereocenters. The number of rotatable bonds is 4. The number of nitrogens with zero attached hydrogens (tertiary/aromatic N) is 3. The van der Waals surface area contributed by atoms with E-state index in [9.17, 15) is 4.79 Å². The normalized spacial score (nSPS) is 14.6. The summed E-state index contributed by atoms with van der Waals surface area (Å²) in [6, 6.07) is 7.19. The number of ether oxygens (including phenoxy) is 1. The van der Waals surface area contributed by atoms with E-state index in [4.69, 9.17) is 10.5 Å². The van der Waals surface area contributed by atoms with E-state index in [2.05, 4.69) is 20.2 Å². The molecule has 0 radical (unpaired) electrons. The molecule has 2 aromatic rings. The quantitative estimate of drug-likeness (QED) is 0.832. The number of carbonyl (C=O) groups is 1. The van der Waals surface area contributed by atoms with Gasteiger partial charge in [0.1, 0.15) is 12.0 Å². The summed E-state index contributed by atoms with van der Waals surface area (Å²) in [7, 11) is 0. The van der Waals surface area contributed by atoms with Gasteiger partial charge in [0.2, 0.25) is 0 Å². The highest BCUT2D eigenvalue weighted by Crippen LogP contribution is 2.28. The summed E-state index contributed by atoms with van der Waals surface area (Å²) in [5.74, 6) is 1.30. The van der Waals surface area contributed by atoms with Crippen molar-refractivity contribution in [3.63, 3.8) is 0 Å². The molecule has 0 bridgehead atoms. The average Bonchev–Trinajstić information content (AvgIpc) is 2.58. The molecule has 1 saturated heterocycles. The summed E-state index contributed by atoms with van der Waals surface area (Å²) in [4.78, 5) is 21.9. The van der Waals surface area contributed by atoms with Gasteiger partial charge in [-0.05, 0) is 31.2 Å².